The van der Waals surface area contributed by atoms with E-state index in [4.69, 9.17) is 14.2 Å². The van der Waals surface area contributed by atoms with Crippen LogP contribution in [-0.2, 0) is 19.1 Å². The van der Waals surface area contributed by atoms with E-state index in [2.05, 4.69) is 21.2 Å². The van der Waals surface area contributed by atoms with Crippen LogP contribution in [0.15, 0.2) is 22.7 Å². The first-order valence-electron chi connectivity index (χ1n) is 7.52. The van der Waals surface area contributed by atoms with E-state index in [-0.39, 0.29) is 19.8 Å². The fourth-order valence-corrected chi connectivity index (χ4v) is 2.21. The highest BCUT2D eigenvalue weighted by Crippen LogP contribution is 2.28. The molecule has 23 heavy (non-hydrogen) atoms. The van der Waals surface area contributed by atoms with Gasteiger partial charge in [-0.05, 0) is 48.8 Å². The van der Waals surface area contributed by atoms with Gasteiger partial charge in [-0.25, -0.2) is 0 Å². The van der Waals surface area contributed by atoms with E-state index >= 15 is 0 Å². The average molecular weight is 388 g/mol. The van der Waals surface area contributed by atoms with E-state index in [1.807, 2.05) is 19.1 Å². The van der Waals surface area contributed by atoms with E-state index in [1.165, 1.54) is 0 Å². The van der Waals surface area contributed by atoms with Gasteiger partial charge in [0.1, 0.15) is 5.75 Å². The zero-order chi connectivity index (χ0) is 17.2. The van der Waals surface area contributed by atoms with Gasteiger partial charge in [0, 0.05) is 18.3 Å². The van der Waals surface area contributed by atoms with Crippen LogP contribution >= 0.6 is 15.9 Å². The number of ether oxygens (including phenoxy) is 3. The lowest BCUT2D eigenvalue weighted by Crippen LogP contribution is -2.33. The second kappa shape index (κ2) is 10.1. The summed E-state index contributed by atoms with van der Waals surface area (Å²) >= 11 is 3.40. The van der Waals surface area contributed by atoms with Crippen molar-refractivity contribution in [3.8, 4) is 5.75 Å². The predicted octanol–water partition coefficient (Wildman–Crippen LogP) is 3.00. The molecule has 0 saturated carbocycles. The number of anilines is 1. The van der Waals surface area contributed by atoms with Gasteiger partial charge in [-0.15, -0.1) is 0 Å². The second-order valence-electron chi connectivity index (χ2n) is 4.52. The Morgan fingerprint density at radius 3 is 2.22 bits per heavy atom. The minimum Gasteiger partial charge on any atom is -0.493 e. The number of nitrogens with one attached hydrogen (secondary N) is 1. The highest BCUT2D eigenvalue weighted by Gasteiger charge is 2.29. The van der Waals surface area contributed by atoms with Gasteiger partial charge in [-0.2, -0.15) is 0 Å². The van der Waals surface area contributed by atoms with Gasteiger partial charge in [0.25, 0.3) is 0 Å². The van der Waals surface area contributed by atoms with Crippen LogP contribution in [0.5, 0.6) is 5.75 Å². The van der Waals surface area contributed by atoms with Crippen LogP contribution in [0.25, 0.3) is 0 Å². The number of hydrogen-bond donors (Lipinski definition) is 1. The van der Waals surface area contributed by atoms with E-state index in [1.54, 1.807) is 19.9 Å². The predicted molar refractivity (Wildman–Crippen MR) is 90.6 cm³/mol. The van der Waals surface area contributed by atoms with Crippen LogP contribution in [0.1, 0.15) is 20.8 Å². The maximum atomic E-state index is 11.9. The molecule has 0 aliphatic carbocycles. The van der Waals surface area contributed by atoms with E-state index < -0.39 is 17.9 Å². The molecule has 0 aromatic heterocycles. The fourth-order valence-electron chi connectivity index (χ4n) is 1.85. The van der Waals surface area contributed by atoms with Crippen LogP contribution in [0.3, 0.4) is 0 Å². The smallest absolute Gasteiger partial charge is 0.322 e. The Kier molecular flexibility index (Phi) is 8.47. The molecule has 128 valence electrons. The maximum Gasteiger partial charge on any atom is 0.322 e. The second-order valence-corrected chi connectivity index (χ2v) is 5.37. The molecule has 1 aromatic rings. The van der Waals surface area contributed by atoms with Crippen LogP contribution in [0.4, 0.5) is 5.69 Å². The number of rotatable bonds is 9. The maximum absolute atomic E-state index is 11.9. The molecule has 1 N–H and O–H groups in total. The molecular weight excluding hydrogens is 366 g/mol. The van der Waals surface area contributed by atoms with Crippen molar-refractivity contribution >= 4 is 33.6 Å². The van der Waals surface area contributed by atoms with Crippen molar-refractivity contribution in [1.82, 2.24) is 0 Å². The van der Waals surface area contributed by atoms with Crippen molar-refractivity contribution in [1.29, 1.82) is 0 Å². The molecule has 1 rings (SSSR count). The summed E-state index contributed by atoms with van der Waals surface area (Å²) in [6.45, 7) is 6.32. The van der Waals surface area contributed by atoms with Crippen LogP contribution in [0, 0.1) is 5.92 Å². The molecular formula is C16H22BrNO5. The Bertz CT molecular complexity index is 517. The van der Waals surface area contributed by atoms with Crippen LogP contribution < -0.4 is 10.1 Å². The molecule has 6 nitrogen and oxygen atoms in total. The third-order valence-corrected chi connectivity index (χ3v) is 3.54. The average Bonchev–Trinajstić information content (AvgIpc) is 2.51. The van der Waals surface area contributed by atoms with Gasteiger partial charge < -0.3 is 19.5 Å². The monoisotopic (exact) mass is 387 g/mol. The lowest BCUT2D eigenvalue weighted by molar-refractivity contribution is -0.160. The number of halogens is 1. The van der Waals surface area contributed by atoms with Gasteiger partial charge in [-0.3, -0.25) is 9.59 Å². The molecule has 0 saturated heterocycles. The van der Waals surface area contributed by atoms with Crippen molar-refractivity contribution in [3.63, 3.8) is 0 Å². The van der Waals surface area contributed by atoms with Crippen LogP contribution in [0.2, 0.25) is 0 Å². The van der Waals surface area contributed by atoms with Crippen molar-refractivity contribution in [3.05, 3.63) is 22.7 Å². The molecule has 0 spiro atoms. The number of hydrogen-bond acceptors (Lipinski definition) is 6. The highest BCUT2D eigenvalue weighted by atomic mass is 79.9. The van der Waals surface area contributed by atoms with Gasteiger partial charge in [0.05, 0.1) is 24.3 Å². The van der Waals surface area contributed by atoms with Gasteiger partial charge in [0.15, 0.2) is 5.92 Å². The summed E-state index contributed by atoms with van der Waals surface area (Å²) in [6, 6.07) is 5.44. The van der Waals surface area contributed by atoms with Gasteiger partial charge in [0.2, 0.25) is 0 Å². The molecule has 0 bridgehead atoms. The summed E-state index contributed by atoms with van der Waals surface area (Å²) in [5, 5.41) is 3.05. The summed E-state index contributed by atoms with van der Waals surface area (Å²) in [4.78, 5) is 23.8. The van der Waals surface area contributed by atoms with Crippen molar-refractivity contribution in [2.45, 2.75) is 20.8 Å². The molecule has 0 atom stereocenters. The topological polar surface area (TPSA) is 73.9 Å². The van der Waals surface area contributed by atoms with E-state index in [0.29, 0.717) is 12.4 Å². The zero-order valence-corrected chi connectivity index (χ0v) is 15.1. The number of carbonyl (C=O) groups excluding carboxylic acids is 2. The quantitative estimate of drug-likeness (QED) is 0.518. The summed E-state index contributed by atoms with van der Waals surface area (Å²) in [5.41, 5.74) is 0.732. The molecule has 7 heteroatoms. The van der Waals surface area contributed by atoms with Gasteiger partial charge in [-0.1, -0.05) is 0 Å². The number of benzene rings is 1. The van der Waals surface area contributed by atoms with Crippen molar-refractivity contribution in [2.75, 3.05) is 31.7 Å². The third-order valence-electron chi connectivity index (χ3n) is 2.88. The first-order chi connectivity index (χ1) is 11.0. The fraction of sp³-hybridized carbons (Fsp3) is 0.500. The minimum atomic E-state index is -1.01. The van der Waals surface area contributed by atoms with Crippen molar-refractivity contribution < 1.29 is 23.8 Å². The lowest BCUT2D eigenvalue weighted by Gasteiger charge is -2.16. The molecule has 0 fully saturated rings. The molecule has 0 aliphatic heterocycles. The molecule has 1 aromatic carbocycles. The Labute approximate surface area is 144 Å². The number of carbonyl (C=O) groups is 2. The first-order valence-corrected chi connectivity index (χ1v) is 8.32. The Balaban J connectivity index is 2.79. The molecule has 0 unspecified atom stereocenters. The number of esters is 2. The van der Waals surface area contributed by atoms with Gasteiger partial charge >= 0.3 is 11.9 Å². The van der Waals surface area contributed by atoms with E-state index in [9.17, 15) is 9.59 Å². The Hall–Kier alpha value is -1.76. The lowest BCUT2D eigenvalue weighted by atomic mass is 10.1. The third kappa shape index (κ3) is 6.09. The Morgan fingerprint density at radius 2 is 1.70 bits per heavy atom. The minimum absolute atomic E-state index is 0.0882. The summed E-state index contributed by atoms with van der Waals surface area (Å²) in [5.74, 6) is -1.52. The zero-order valence-electron chi connectivity index (χ0n) is 13.6. The molecule has 0 amide bonds. The van der Waals surface area contributed by atoms with Crippen molar-refractivity contribution in [2.24, 2.45) is 5.92 Å². The standard InChI is InChI=1S/C16H22BrNO5/c1-4-21-14-9-11(7-8-13(14)17)18-10-12(15(19)22-5-2)16(20)23-6-3/h7-9,12,18H,4-6,10H2,1-3H3. The van der Waals surface area contributed by atoms with Crippen LogP contribution in [-0.4, -0.2) is 38.3 Å². The van der Waals surface area contributed by atoms with E-state index in [0.717, 1.165) is 10.2 Å². The summed E-state index contributed by atoms with van der Waals surface area (Å²) in [7, 11) is 0. The molecule has 0 aliphatic rings. The summed E-state index contributed by atoms with van der Waals surface area (Å²) < 4.78 is 16.2. The highest BCUT2D eigenvalue weighted by molar-refractivity contribution is 9.10. The first kappa shape index (κ1) is 19.3. The molecule has 0 heterocycles. The Morgan fingerprint density at radius 1 is 1.09 bits per heavy atom. The SMILES string of the molecule is CCOC(=O)C(CNc1ccc(Br)c(OCC)c1)C(=O)OCC. The molecule has 0 radical (unpaired) electrons. The normalized spacial score (nSPS) is 10.3. The largest absolute Gasteiger partial charge is 0.493 e. The summed E-state index contributed by atoms with van der Waals surface area (Å²) in [6.07, 6.45) is 0.